The van der Waals surface area contributed by atoms with Crippen LogP contribution >= 0.6 is 11.5 Å². The van der Waals surface area contributed by atoms with Crippen LogP contribution in [0.15, 0.2) is 0 Å². The zero-order valence-corrected chi connectivity index (χ0v) is 12.4. The Balaban J connectivity index is 2.06. The Labute approximate surface area is 117 Å². The fourth-order valence-electron chi connectivity index (χ4n) is 2.18. The highest BCUT2D eigenvalue weighted by atomic mass is 32.1. The Kier molecular flexibility index (Phi) is 4.42. The van der Waals surface area contributed by atoms with Gasteiger partial charge in [-0.1, -0.05) is 0 Å². The molecule has 0 aliphatic carbocycles. The molecular formula is C13H20N2O3S. The summed E-state index contributed by atoms with van der Waals surface area (Å²) in [7, 11) is 0. The molecule has 0 radical (unpaired) electrons. The average molecular weight is 284 g/mol. The summed E-state index contributed by atoms with van der Waals surface area (Å²) >= 11 is 1.29. The maximum absolute atomic E-state index is 11.9. The van der Waals surface area contributed by atoms with Crippen LogP contribution in [0.1, 0.15) is 42.7 Å². The molecule has 0 aromatic carbocycles. The van der Waals surface area contributed by atoms with Gasteiger partial charge in [-0.3, -0.25) is 0 Å². The Morgan fingerprint density at radius 3 is 3.05 bits per heavy atom. The van der Waals surface area contributed by atoms with Gasteiger partial charge < -0.3 is 14.8 Å². The molecule has 2 heterocycles. The zero-order chi connectivity index (χ0) is 13.9. The van der Waals surface area contributed by atoms with Crippen molar-refractivity contribution in [2.45, 2.75) is 39.2 Å². The van der Waals surface area contributed by atoms with E-state index in [0.717, 1.165) is 24.4 Å². The first-order valence-corrected chi connectivity index (χ1v) is 7.34. The third-order valence-corrected chi connectivity index (χ3v) is 4.16. The first-order chi connectivity index (χ1) is 9.06. The number of rotatable bonds is 5. The van der Waals surface area contributed by atoms with Crippen molar-refractivity contribution in [1.82, 2.24) is 4.37 Å². The summed E-state index contributed by atoms with van der Waals surface area (Å²) in [6, 6.07) is 0. The highest BCUT2D eigenvalue weighted by Gasteiger charge is 2.30. The highest BCUT2D eigenvalue weighted by molar-refractivity contribution is 7.10. The number of hydrogen-bond acceptors (Lipinski definition) is 6. The molecule has 0 amide bonds. The number of hydrogen-bond donors (Lipinski definition) is 1. The van der Waals surface area contributed by atoms with Crippen LogP contribution in [0, 0.1) is 6.92 Å². The number of carbonyl (C=O) groups is 1. The molecule has 1 aromatic rings. The number of aromatic nitrogens is 1. The van der Waals surface area contributed by atoms with Crippen molar-refractivity contribution < 1.29 is 14.3 Å². The highest BCUT2D eigenvalue weighted by Crippen LogP contribution is 2.29. The number of nitrogens with zero attached hydrogens (tertiary/aromatic N) is 1. The van der Waals surface area contributed by atoms with Crippen LogP contribution in [-0.2, 0) is 9.47 Å². The van der Waals surface area contributed by atoms with Crippen molar-refractivity contribution in [1.29, 1.82) is 0 Å². The van der Waals surface area contributed by atoms with Crippen molar-refractivity contribution in [2.75, 3.05) is 25.1 Å². The van der Waals surface area contributed by atoms with E-state index in [1.165, 1.54) is 11.5 Å². The smallest absolute Gasteiger partial charge is 0.343 e. The molecule has 0 saturated carbocycles. The third kappa shape index (κ3) is 3.25. The molecule has 19 heavy (non-hydrogen) atoms. The number of aryl methyl sites for hydroxylation is 1. The molecular weight excluding hydrogens is 264 g/mol. The quantitative estimate of drug-likeness (QED) is 0.842. The predicted octanol–water partition coefficient (Wildman–Crippen LogP) is 2.61. The number of esters is 1. The van der Waals surface area contributed by atoms with Gasteiger partial charge in [0.1, 0.15) is 10.6 Å². The van der Waals surface area contributed by atoms with Gasteiger partial charge in [0.15, 0.2) is 0 Å². The van der Waals surface area contributed by atoms with Gasteiger partial charge in [-0.15, -0.1) is 0 Å². The molecule has 1 saturated heterocycles. The molecule has 2 rings (SSSR count). The Morgan fingerprint density at radius 1 is 1.63 bits per heavy atom. The topological polar surface area (TPSA) is 60.5 Å². The second-order valence-electron chi connectivity index (χ2n) is 4.95. The molecule has 1 aliphatic rings. The van der Waals surface area contributed by atoms with Gasteiger partial charge in [0.2, 0.25) is 0 Å². The average Bonchev–Trinajstić information content (AvgIpc) is 2.94. The summed E-state index contributed by atoms with van der Waals surface area (Å²) in [6.45, 7) is 7.57. The van der Waals surface area contributed by atoms with Gasteiger partial charge in [0, 0.05) is 13.2 Å². The standard InChI is InChI=1S/C13H20N2O3S/c1-4-17-12(16)10-9(2)15-19-11(10)14-8-13(3)6-5-7-18-13/h14H,4-8H2,1-3H3. The summed E-state index contributed by atoms with van der Waals surface area (Å²) in [6.07, 6.45) is 2.12. The van der Waals surface area contributed by atoms with Gasteiger partial charge in [-0.25, -0.2) is 4.79 Å². The second kappa shape index (κ2) is 5.88. The normalized spacial score (nSPS) is 22.5. The molecule has 0 spiro atoms. The van der Waals surface area contributed by atoms with Crippen molar-refractivity contribution in [2.24, 2.45) is 0 Å². The summed E-state index contributed by atoms with van der Waals surface area (Å²) in [5.74, 6) is -0.311. The van der Waals surface area contributed by atoms with Crippen LogP contribution in [-0.4, -0.2) is 35.7 Å². The predicted molar refractivity (Wildman–Crippen MR) is 74.9 cm³/mol. The van der Waals surface area contributed by atoms with E-state index >= 15 is 0 Å². The van der Waals surface area contributed by atoms with Crippen molar-refractivity contribution in [3.8, 4) is 0 Å². The van der Waals surface area contributed by atoms with Gasteiger partial charge in [0.05, 0.1) is 17.9 Å². The molecule has 1 unspecified atom stereocenters. The fraction of sp³-hybridized carbons (Fsp3) is 0.692. The van der Waals surface area contributed by atoms with E-state index in [9.17, 15) is 4.79 Å². The summed E-state index contributed by atoms with van der Waals surface area (Å²) in [5.41, 5.74) is 1.11. The maximum atomic E-state index is 11.9. The lowest BCUT2D eigenvalue weighted by molar-refractivity contribution is 0.0314. The van der Waals surface area contributed by atoms with E-state index < -0.39 is 0 Å². The summed E-state index contributed by atoms with van der Waals surface area (Å²) in [4.78, 5) is 11.9. The van der Waals surface area contributed by atoms with Crippen LogP contribution < -0.4 is 5.32 Å². The first-order valence-electron chi connectivity index (χ1n) is 6.57. The molecule has 1 fully saturated rings. The van der Waals surface area contributed by atoms with Crippen LogP contribution in [0.2, 0.25) is 0 Å². The molecule has 1 aromatic heterocycles. The lowest BCUT2D eigenvalue weighted by Gasteiger charge is -2.23. The molecule has 1 aliphatic heterocycles. The molecule has 5 nitrogen and oxygen atoms in total. The van der Waals surface area contributed by atoms with E-state index in [0.29, 0.717) is 24.4 Å². The summed E-state index contributed by atoms with van der Waals surface area (Å²) < 4.78 is 15.0. The molecule has 1 atom stereocenters. The van der Waals surface area contributed by atoms with Crippen LogP contribution in [0.3, 0.4) is 0 Å². The molecule has 1 N–H and O–H groups in total. The van der Waals surface area contributed by atoms with Crippen LogP contribution in [0.4, 0.5) is 5.00 Å². The van der Waals surface area contributed by atoms with E-state index in [2.05, 4.69) is 16.6 Å². The molecule has 6 heteroatoms. The van der Waals surface area contributed by atoms with E-state index in [4.69, 9.17) is 9.47 Å². The van der Waals surface area contributed by atoms with Crippen molar-refractivity contribution >= 4 is 22.5 Å². The van der Waals surface area contributed by atoms with Crippen LogP contribution in [0.25, 0.3) is 0 Å². The Bertz CT molecular complexity index is 453. The van der Waals surface area contributed by atoms with Gasteiger partial charge in [-0.05, 0) is 45.1 Å². The van der Waals surface area contributed by atoms with Gasteiger partial charge >= 0.3 is 5.97 Å². The van der Waals surface area contributed by atoms with Crippen LogP contribution in [0.5, 0.6) is 0 Å². The van der Waals surface area contributed by atoms with Gasteiger partial charge in [0.25, 0.3) is 0 Å². The minimum Gasteiger partial charge on any atom is -0.462 e. The zero-order valence-electron chi connectivity index (χ0n) is 11.6. The number of carbonyl (C=O) groups excluding carboxylic acids is 1. The fourth-order valence-corrected chi connectivity index (χ4v) is 2.96. The Morgan fingerprint density at radius 2 is 2.42 bits per heavy atom. The van der Waals surface area contributed by atoms with E-state index in [-0.39, 0.29) is 11.6 Å². The lowest BCUT2D eigenvalue weighted by atomic mass is 10.0. The monoisotopic (exact) mass is 284 g/mol. The van der Waals surface area contributed by atoms with E-state index in [1.807, 2.05) is 6.92 Å². The van der Waals surface area contributed by atoms with E-state index in [1.54, 1.807) is 6.92 Å². The minimum absolute atomic E-state index is 0.149. The maximum Gasteiger partial charge on any atom is 0.343 e. The first kappa shape index (κ1) is 14.3. The number of anilines is 1. The third-order valence-electron chi connectivity index (χ3n) is 3.27. The number of ether oxygens (including phenoxy) is 2. The largest absolute Gasteiger partial charge is 0.462 e. The SMILES string of the molecule is CCOC(=O)c1c(C)nsc1NCC1(C)CCCO1. The minimum atomic E-state index is -0.311. The summed E-state index contributed by atoms with van der Waals surface area (Å²) in [5, 5.41) is 4.06. The number of nitrogens with one attached hydrogen (secondary N) is 1. The van der Waals surface area contributed by atoms with Crippen molar-refractivity contribution in [3.05, 3.63) is 11.3 Å². The second-order valence-corrected chi connectivity index (χ2v) is 5.72. The Hall–Kier alpha value is -1.14. The van der Waals surface area contributed by atoms with Crippen molar-refractivity contribution in [3.63, 3.8) is 0 Å². The lowest BCUT2D eigenvalue weighted by Crippen LogP contribution is -2.32. The molecule has 106 valence electrons. The molecule has 0 bridgehead atoms. The van der Waals surface area contributed by atoms with Gasteiger partial charge in [-0.2, -0.15) is 4.37 Å².